The van der Waals surface area contributed by atoms with E-state index in [4.69, 9.17) is 15.9 Å². The maximum atomic E-state index is 6.17. The Kier molecular flexibility index (Phi) is 2.82. The first-order valence-electron chi connectivity index (χ1n) is 5.16. The van der Waals surface area contributed by atoms with E-state index in [1.165, 1.54) is 0 Å². The van der Waals surface area contributed by atoms with Gasteiger partial charge < -0.3 is 0 Å². The van der Waals surface area contributed by atoms with Crippen molar-refractivity contribution in [3.05, 3.63) is 47.0 Å². The molecule has 1 aliphatic rings. The van der Waals surface area contributed by atoms with Crippen LogP contribution in [-0.2, 0) is 10.7 Å². The molecule has 0 fully saturated rings. The minimum atomic E-state index is 0.716. The number of amidine groups is 1. The van der Waals surface area contributed by atoms with Crippen molar-refractivity contribution in [2.75, 3.05) is 0 Å². The summed E-state index contributed by atoms with van der Waals surface area (Å²) in [5.74, 6) is 0.821. The van der Waals surface area contributed by atoms with Crippen molar-refractivity contribution >= 4 is 40.4 Å². The van der Waals surface area contributed by atoms with Gasteiger partial charge in [-0.2, -0.15) is 0 Å². The quantitative estimate of drug-likeness (QED) is 0.665. The van der Waals surface area contributed by atoms with Crippen LogP contribution in [0, 0.1) is 0 Å². The van der Waals surface area contributed by atoms with Crippen molar-refractivity contribution in [2.45, 2.75) is 6.42 Å². The highest BCUT2D eigenvalue weighted by Crippen LogP contribution is 2.24. The van der Waals surface area contributed by atoms with Gasteiger partial charge in [0.1, 0.15) is 0 Å². The molecule has 0 saturated carbocycles. The molecule has 0 bridgehead atoms. The summed E-state index contributed by atoms with van der Waals surface area (Å²) in [5, 5.41) is 6.86. The van der Waals surface area contributed by atoms with Crippen LogP contribution < -0.4 is 4.72 Å². The zero-order valence-electron chi connectivity index (χ0n) is 8.81. The summed E-state index contributed by atoms with van der Waals surface area (Å²) in [5.41, 5.74) is 1.16. The maximum Gasteiger partial charge on any atom is 0.208 e. The molecule has 3 rings (SSSR count). The van der Waals surface area contributed by atoms with Gasteiger partial charge in [-0.25, -0.2) is 0 Å². The lowest BCUT2D eigenvalue weighted by atomic mass is 10.0. The molecule has 0 aromatic heterocycles. The summed E-state index contributed by atoms with van der Waals surface area (Å²) in [4.78, 5) is 0. The number of hydrogen-bond donors (Lipinski definition) is 1. The molecule has 0 aliphatic carbocycles. The van der Waals surface area contributed by atoms with Crippen LogP contribution in [-0.4, -0.2) is 5.84 Å². The molecule has 0 amide bonds. The summed E-state index contributed by atoms with van der Waals surface area (Å²) >= 11 is 7.30. The molecular weight excluding hydrogens is 256 g/mol. The van der Waals surface area contributed by atoms with Crippen molar-refractivity contribution in [2.24, 2.45) is 5.16 Å². The average molecular weight is 265 g/mol. The van der Waals surface area contributed by atoms with Gasteiger partial charge in [-0.1, -0.05) is 41.0 Å². The number of halogens is 1. The fraction of sp³-hybridized carbons (Fsp3) is 0.0833. The zero-order chi connectivity index (χ0) is 11.7. The van der Waals surface area contributed by atoms with Crippen LogP contribution in [0.1, 0.15) is 5.56 Å². The molecule has 0 atom stereocenters. The second kappa shape index (κ2) is 4.47. The number of benzene rings is 2. The Bertz CT molecular complexity index is 600. The second-order valence-corrected chi connectivity index (χ2v) is 4.70. The van der Waals surface area contributed by atoms with Crippen LogP contribution in [0.4, 0.5) is 0 Å². The molecule has 3 nitrogen and oxygen atoms in total. The third kappa shape index (κ3) is 2.18. The van der Waals surface area contributed by atoms with Gasteiger partial charge in [0.2, 0.25) is 12.2 Å². The molecule has 5 heteroatoms. The molecule has 17 heavy (non-hydrogen) atoms. The van der Waals surface area contributed by atoms with Gasteiger partial charge in [0.15, 0.2) is 5.84 Å². The Balaban J connectivity index is 1.98. The first kappa shape index (κ1) is 10.7. The van der Waals surface area contributed by atoms with E-state index in [-0.39, 0.29) is 0 Å². The van der Waals surface area contributed by atoms with Gasteiger partial charge in [-0.05, 0) is 23.1 Å². The maximum absolute atomic E-state index is 6.17. The van der Waals surface area contributed by atoms with E-state index in [0.29, 0.717) is 6.42 Å². The summed E-state index contributed by atoms with van der Waals surface area (Å²) in [6.45, 7) is 0. The summed E-state index contributed by atoms with van der Waals surface area (Å²) in [7, 11) is 0. The van der Waals surface area contributed by atoms with Crippen LogP contribution in [0.15, 0.2) is 41.6 Å². The molecule has 0 saturated heterocycles. The first-order chi connectivity index (χ1) is 8.33. The van der Waals surface area contributed by atoms with E-state index in [9.17, 15) is 0 Å². The van der Waals surface area contributed by atoms with Gasteiger partial charge in [0.25, 0.3) is 0 Å². The normalized spacial score (nSPS) is 14.3. The lowest BCUT2D eigenvalue weighted by Gasteiger charge is -2.04. The minimum Gasteiger partial charge on any atom is -0.297 e. The molecular formula is C12H9ClN2OS. The molecule has 1 N–H and O–H groups in total. The second-order valence-electron chi connectivity index (χ2n) is 3.77. The fourth-order valence-electron chi connectivity index (χ4n) is 1.80. The van der Waals surface area contributed by atoms with Crippen molar-refractivity contribution < 1.29 is 4.28 Å². The molecule has 1 aliphatic heterocycles. The predicted octanol–water partition coefficient (Wildman–Crippen LogP) is 3.53. The highest BCUT2D eigenvalue weighted by atomic mass is 35.5. The zero-order valence-corrected chi connectivity index (χ0v) is 10.4. The Morgan fingerprint density at radius 1 is 1.29 bits per heavy atom. The molecule has 0 radical (unpaired) electrons. The van der Waals surface area contributed by atoms with Gasteiger partial charge >= 0.3 is 0 Å². The summed E-state index contributed by atoms with van der Waals surface area (Å²) < 4.78 is 7.79. The molecule has 1 heterocycles. The van der Waals surface area contributed by atoms with Gasteiger partial charge in [-0.15, -0.1) is 0 Å². The van der Waals surface area contributed by atoms with Crippen LogP contribution in [0.2, 0.25) is 5.02 Å². The largest absolute Gasteiger partial charge is 0.297 e. The molecule has 2 aromatic carbocycles. The smallest absolute Gasteiger partial charge is 0.208 e. The van der Waals surface area contributed by atoms with Crippen molar-refractivity contribution in [1.82, 2.24) is 4.72 Å². The van der Waals surface area contributed by atoms with E-state index in [2.05, 4.69) is 34.1 Å². The van der Waals surface area contributed by atoms with E-state index in [1.807, 2.05) is 12.1 Å². The van der Waals surface area contributed by atoms with Crippen molar-refractivity contribution in [3.8, 4) is 0 Å². The topological polar surface area (TPSA) is 33.6 Å². The Morgan fingerprint density at radius 2 is 2.24 bits per heavy atom. The van der Waals surface area contributed by atoms with Crippen LogP contribution in [0.25, 0.3) is 10.8 Å². The Morgan fingerprint density at radius 3 is 3.06 bits per heavy atom. The summed E-state index contributed by atoms with van der Waals surface area (Å²) in [6, 6.07) is 12.1. The van der Waals surface area contributed by atoms with Gasteiger partial charge in [0, 0.05) is 16.8 Å². The number of rotatable bonds is 2. The van der Waals surface area contributed by atoms with Crippen molar-refractivity contribution in [1.29, 1.82) is 0 Å². The average Bonchev–Trinajstić information content (AvgIpc) is 2.83. The number of fused-ring (bicyclic) bond motifs is 1. The third-order valence-corrected chi connectivity index (χ3v) is 3.41. The Hall–Kier alpha value is -1.39. The summed E-state index contributed by atoms with van der Waals surface area (Å²) in [6.07, 6.45) is 0.716. The molecule has 2 aromatic rings. The van der Waals surface area contributed by atoms with Crippen molar-refractivity contribution in [3.63, 3.8) is 0 Å². The lowest BCUT2D eigenvalue weighted by molar-refractivity contribution is 0.415. The number of oxime groups is 1. The monoisotopic (exact) mass is 264 g/mol. The number of nitrogens with zero attached hydrogens (tertiary/aromatic N) is 1. The molecule has 86 valence electrons. The molecule has 0 unspecified atom stereocenters. The highest BCUT2D eigenvalue weighted by molar-refractivity contribution is 7.93. The standard InChI is InChI=1S/C12H9ClN2OS/c13-11-3-1-2-9-5-4-8(6-10(9)11)7-12-14-16-17-15-12/h1-6H,7H2,(H,14,15). The van der Waals surface area contributed by atoms with Gasteiger partial charge in [-0.3, -0.25) is 9.01 Å². The van der Waals surface area contributed by atoms with E-state index in [1.54, 1.807) is 0 Å². The predicted molar refractivity (Wildman–Crippen MR) is 71.9 cm³/mol. The van der Waals surface area contributed by atoms with E-state index < -0.39 is 0 Å². The minimum absolute atomic E-state index is 0.716. The number of hydrogen-bond acceptors (Lipinski definition) is 4. The van der Waals surface area contributed by atoms with E-state index >= 15 is 0 Å². The fourth-order valence-corrected chi connectivity index (χ4v) is 2.41. The van der Waals surface area contributed by atoms with Crippen LogP contribution in [0.5, 0.6) is 0 Å². The van der Waals surface area contributed by atoms with Crippen LogP contribution in [0.3, 0.4) is 0 Å². The van der Waals surface area contributed by atoms with Crippen LogP contribution >= 0.6 is 23.8 Å². The first-order valence-corrected chi connectivity index (χ1v) is 6.27. The SMILES string of the molecule is Clc1cccc2ccc(CC3=NOSN3)cc12. The molecule has 0 spiro atoms. The number of nitrogens with one attached hydrogen (secondary N) is 1. The third-order valence-electron chi connectivity index (χ3n) is 2.61. The van der Waals surface area contributed by atoms with Gasteiger partial charge in [0.05, 0.1) is 0 Å². The van der Waals surface area contributed by atoms with E-state index in [0.717, 1.165) is 39.4 Å². The lowest BCUT2D eigenvalue weighted by Crippen LogP contribution is -2.13. The Labute approximate surface area is 108 Å². The highest BCUT2D eigenvalue weighted by Gasteiger charge is 2.09.